The third kappa shape index (κ3) is 2.99. The van der Waals surface area contributed by atoms with Gasteiger partial charge in [0.2, 0.25) is 0 Å². The van der Waals surface area contributed by atoms with Crippen LogP contribution in [0.2, 0.25) is 5.32 Å². The maximum absolute atomic E-state index is 10.9. The molecule has 0 aromatic rings. The Kier molecular flexibility index (Phi) is 4.11. The zero-order valence-corrected chi connectivity index (χ0v) is 7.67. The molecule has 0 rings (SSSR count). The fraction of sp³-hybridized carbons (Fsp3) is 0.833. The molecule has 9 heavy (non-hydrogen) atoms. The average Bonchev–Trinajstić information content (AvgIpc) is 1.84. The summed E-state index contributed by atoms with van der Waals surface area (Å²) in [5.41, 5.74) is 5.45. The van der Waals surface area contributed by atoms with Crippen molar-refractivity contribution in [2.24, 2.45) is 11.7 Å². The fourth-order valence-electron chi connectivity index (χ4n) is 0.518. The van der Waals surface area contributed by atoms with Crippen LogP contribution in [-0.4, -0.2) is 27.8 Å². The first-order valence-corrected chi connectivity index (χ1v) is 4.32. The van der Waals surface area contributed by atoms with Gasteiger partial charge in [-0.15, -0.1) is 0 Å². The molecule has 0 bridgehead atoms. The normalized spacial score (nSPS) is 13.9. The van der Waals surface area contributed by atoms with Gasteiger partial charge in [-0.2, -0.15) is 0 Å². The molecule has 0 spiro atoms. The van der Waals surface area contributed by atoms with E-state index in [-0.39, 0.29) is 17.7 Å². The Hall–Kier alpha value is 0.149. The Morgan fingerprint density at radius 1 is 1.67 bits per heavy atom. The number of hydrogen-bond donors (Lipinski definition) is 1. The predicted molar refractivity (Wildman–Crippen MR) is 39.8 cm³/mol. The summed E-state index contributed by atoms with van der Waals surface area (Å²) in [6.07, 6.45) is 0. The molecule has 0 heterocycles. The molecular formula is C6H13NOSe. The molecule has 0 aliphatic heterocycles. The van der Waals surface area contributed by atoms with Crippen LogP contribution in [0.3, 0.4) is 0 Å². The number of hydrogen-bond acceptors (Lipinski definition) is 2. The standard InChI is InChI=1S/C6H13NOSe/c1-4(2)6(8)5(7)3-9/h4-5,9H,3,7H2,1-2H3/t5-/m1/s1. The van der Waals surface area contributed by atoms with Crippen LogP contribution < -0.4 is 5.73 Å². The molecule has 0 saturated heterocycles. The molecule has 54 valence electrons. The average molecular weight is 194 g/mol. The molecule has 3 heteroatoms. The number of nitrogens with two attached hydrogens (primary N) is 1. The summed E-state index contributed by atoms with van der Waals surface area (Å²) in [6.45, 7) is 3.73. The van der Waals surface area contributed by atoms with E-state index in [1.807, 2.05) is 13.8 Å². The van der Waals surface area contributed by atoms with E-state index in [4.69, 9.17) is 5.73 Å². The summed E-state index contributed by atoms with van der Waals surface area (Å²) in [5.74, 6) is 0.222. The monoisotopic (exact) mass is 195 g/mol. The summed E-state index contributed by atoms with van der Waals surface area (Å²) in [6, 6.07) is -0.273. The molecule has 0 saturated carbocycles. The van der Waals surface area contributed by atoms with Crippen LogP contribution in [0.5, 0.6) is 0 Å². The van der Waals surface area contributed by atoms with Gasteiger partial charge in [0.15, 0.2) is 0 Å². The van der Waals surface area contributed by atoms with Crippen molar-refractivity contribution in [3.8, 4) is 0 Å². The number of carbonyl (C=O) groups is 1. The maximum atomic E-state index is 10.9. The van der Waals surface area contributed by atoms with Gasteiger partial charge < -0.3 is 0 Å². The fourth-order valence-corrected chi connectivity index (χ4v) is 0.896. The molecule has 2 nitrogen and oxygen atoms in total. The molecule has 0 unspecified atom stereocenters. The van der Waals surface area contributed by atoms with Crippen molar-refractivity contribution < 1.29 is 4.79 Å². The minimum atomic E-state index is -0.273. The van der Waals surface area contributed by atoms with Gasteiger partial charge in [0.05, 0.1) is 0 Å². The molecule has 2 N–H and O–H groups in total. The van der Waals surface area contributed by atoms with Crippen LogP contribution in [0.4, 0.5) is 0 Å². The Morgan fingerprint density at radius 3 is 2.22 bits per heavy atom. The first-order chi connectivity index (χ1) is 4.09. The Morgan fingerprint density at radius 2 is 2.11 bits per heavy atom. The molecule has 0 aromatic carbocycles. The molecule has 0 aliphatic carbocycles. The quantitative estimate of drug-likeness (QED) is 0.635. The van der Waals surface area contributed by atoms with Gasteiger partial charge in [0, 0.05) is 0 Å². The van der Waals surface area contributed by atoms with Gasteiger partial charge in [-0.05, 0) is 0 Å². The summed E-state index contributed by atoms with van der Waals surface area (Å²) >= 11 is 2.33. The third-order valence-electron chi connectivity index (χ3n) is 1.13. The van der Waals surface area contributed by atoms with Crippen molar-refractivity contribution in [1.82, 2.24) is 0 Å². The summed E-state index contributed by atoms with van der Waals surface area (Å²) in [5, 5.41) is 0.685. The van der Waals surface area contributed by atoms with Gasteiger partial charge in [0.25, 0.3) is 0 Å². The van der Waals surface area contributed by atoms with E-state index in [1.54, 1.807) is 0 Å². The first kappa shape index (κ1) is 9.15. The third-order valence-corrected chi connectivity index (χ3v) is 1.96. The van der Waals surface area contributed by atoms with Gasteiger partial charge in [-0.1, -0.05) is 0 Å². The molecular weight excluding hydrogens is 181 g/mol. The van der Waals surface area contributed by atoms with Crippen LogP contribution in [0.15, 0.2) is 0 Å². The SMILES string of the molecule is CC(C)C(=O)[C@H](N)C[SeH]. The number of rotatable bonds is 3. The second-order valence-corrected chi connectivity index (χ2v) is 3.11. The van der Waals surface area contributed by atoms with Crippen LogP contribution in [-0.2, 0) is 4.79 Å². The van der Waals surface area contributed by atoms with Gasteiger partial charge in [-0.3, -0.25) is 0 Å². The van der Waals surface area contributed by atoms with Crippen LogP contribution in [0, 0.1) is 5.92 Å². The number of carbonyl (C=O) groups excluding carboxylic acids is 1. The molecule has 0 radical (unpaired) electrons. The van der Waals surface area contributed by atoms with Crippen molar-refractivity contribution in [3.05, 3.63) is 0 Å². The van der Waals surface area contributed by atoms with E-state index in [0.717, 1.165) is 0 Å². The van der Waals surface area contributed by atoms with E-state index in [0.29, 0.717) is 5.32 Å². The van der Waals surface area contributed by atoms with E-state index in [9.17, 15) is 4.79 Å². The molecule has 0 amide bonds. The molecule has 0 aromatic heterocycles. The van der Waals surface area contributed by atoms with Gasteiger partial charge >= 0.3 is 63.5 Å². The van der Waals surface area contributed by atoms with Crippen molar-refractivity contribution in [3.63, 3.8) is 0 Å². The molecule has 1 atom stereocenters. The Balaban J connectivity index is 3.73. The van der Waals surface area contributed by atoms with E-state index < -0.39 is 0 Å². The number of Topliss-reactive ketones (excluding diaryl/α,β-unsaturated/α-hetero) is 1. The van der Waals surface area contributed by atoms with Crippen LogP contribution in [0.25, 0.3) is 0 Å². The van der Waals surface area contributed by atoms with Gasteiger partial charge in [0.1, 0.15) is 0 Å². The van der Waals surface area contributed by atoms with Crippen molar-refractivity contribution in [2.45, 2.75) is 25.2 Å². The van der Waals surface area contributed by atoms with E-state index in [1.165, 1.54) is 0 Å². The molecule has 0 fully saturated rings. The minimum absolute atomic E-state index is 0.0733. The van der Waals surface area contributed by atoms with Crippen molar-refractivity contribution in [1.29, 1.82) is 0 Å². The molecule has 0 aliphatic rings. The van der Waals surface area contributed by atoms with Crippen LogP contribution >= 0.6 is 0 Å². The zero-order chi connectivity index (χ0) is 7.44. The van der Waals surface area contributed by atoms with E-state index in [2.05, 4.69) is 16.0 Å². The summed E-state index contributed by atoms with van der Waals surface area (Å²) in [7, 11) is 0. The topological polar surface area (TPSA) is 43.1 Å². The zero-order valence-electron chi connectivity index (χ0n) is 5.79. The van der Waals surface area contributed by atoms with Crippen molar-refractivity contribution in [2.75, 3.05) is 0 Å². The van der Waals surface area contributed by atoms with E-state index >= 15 is 0 Å². The summed E-state index contributed by atoms with van der Waals surface area (Å²) in [4.78, 5) is 10.9. The van der Waals surface area contributed by atoms with Crippen molar-refractivity contribution >= 4 is 21.8 Å². The predicted octanol–water partition coefficient (Wildman–Crippen LogP) is -0.142. The Labute approximate surface area is 64.0 Å². The van der Waals surface area contributed by atoms with Crippen LogP contribution in [0.1, 0.15) is 13.8 Å². The number of ketones is 1. The van der Waals surface area contributed by atoms with Gasteiger partial charge in [-0.25, -0.2) is 0 Å². The second-order valence-electron chi connectivity index (χ2n) is 2.35. The summed E-state index contributed by atoms with van der Waals surface area (Å²) < 4.78 is 0. The second kappa shape index (κ2) is 4.04. The first-order valence-electron chi connectivity index (χ1n) is 2.99. The Bertz CT molecular complexity index is 103.